The number of para-hydroxylation sites is 2. The Morgan fingerprint density at radius 2 is 1.08 bits per heavy atom. The van der Waals surface area contributed by atoms with Crippen molar-refractivity contribution < 1.29 is 4.79 Å². The van der Waals surface area contributed by atoms with Gasteiger partial charge in [0.15, 0.2) is 5.78 Å². The summed E-state index contributed by atoms with van der Waals surface area (Å²) < 4.78 is 0. The molecule has 0 bridgehead atoms. The molecule has 0 saturated carbocycles. The van der Waals surface area contributed by atoms with E-state index in [0.29, 0.717) is 6.42 Å². The van der Waals surface area contributed by atoms with Gasteiger partial charge in [-0.25, -0.2) is 0 Å². The molecule has 0 fully saturated rings. The minimum atomic E-state index is -0.388. The molecule has 1 heterocycles. The maximum absolute atomic E-state index is 12.6. The van der Waals surface area contributed by atoms with Gasteiger partial charge >= 0.3 is 0 Å². The minimum absolute atomic E-state index is 0.269. The summed E-state index contributed by atoms with van der Waals surface area (Å²) in [5.41, 5.74) is 13.0. The van der Waals surface area contributed by atoms with Crippen LogP contribution in [0, 0.1) is 0 Å². The molecule has 0 aromatic heterocycles. The van der Waals surface area contributed by atoms with E-state index in [2.05, 4.69) is 114 Å². The van der Waals surface area contributed by atoms with Crippen LogP contribution in [0.1, 0.15) is 51.0 Å². The van der Waals surface area contributed by atoms with Gasteiger partial charge in [-0.05, 0) is 82.1 Å². The van der Waals surface area contributed by atoms with E-state index in [-0.39, 0.29) is 11.2 Å². The standard InChI is InChI=1S/C35H25NO/c37-34-19-9-10-23-22-24(20-21-25(23)34)36-32-17-7-5-15-30(32)35(31-16-6-8-18-33(31)36)28-13-3-1-11-26(28)27-12-2-4-14-29(27)35/h1-8,11-18,20-22H,9-10,19H2. The second-order valence-corrected chi connectivity index (χ2v) is 10.3. The normalized spacial score (nSPS) is 16.0. The minimum Gasteiger partial charge on any atom is -0.310 e. The van der Waals surface area contributed by atoms with Crippen molar-refractivity contribution in [3.05, 3.63) is 149 Å². The topological polar surface area (TPSA) is 20.3 Å². The number of carbonyl (C=O) groups excluding carboxylic acids is 1. The molecule has 0 radical (unpaired) electrons. The number of hydrogen-bond donors (Lipinski definition) is 0. The fourth-order valence-electron chi connectivity index (χ4n) is 7.11. The Morgan fingerprint density at radius 3 is 1.70 bits per heavy atom. The van der Waals surface area contributed by atoms with Crippen molar-refractivity contribution in [3.63, 3.8) is 0 Å². The number of benzene rings is 5. The Bertz CT molecular complexity index is 1650. The average molecular weight is 476 g/mol. The van der Waals surface area contributed by atoms with E-state index in [0.717, 1.165) is 24.1 Å². The molecule has 0 amide bonds. The predicted octanol–water partition coefficient (Wildman–Crippen LogP) is 8.35. The van der Waals surface area contributed by atoms with Crippen molar-refractivity contribution in [1.29, 1.82) is 0 Å². The molecule has 0 unspecified atom stereocenters. The zero-order chi connectivity index (χ0) is 24.6. The number of anilines is 3. The monoisotopic (exact) mass is 475 g/mol. The summed E-state index contributed by atoms with van der Waals surface area (Å²) in [5, 5.41) is 0. The van der Waals surface area contributed by atoms with E-state index < -0.39 is 0 Å². The highest BCUT2D eigenvalue weighted by Gasteiger charge is 2.51. The molecular weight excluding hydrogens is 450 g/mol. The summed E-state index contributed by atoms with van der Waals surface area (Å²) in [6.07, 6.45) is 2.54. The van der Waals surface area contributed by atoms with Gasteiger partial charge in [0.1, 0.15) is 0 Å². The SMILES string of the molecule is O=C1CCCc2cc(N3c4ccccc4C4(c5ccccc5-c5ccccc54)c4ccccc43)ccc21. The van der Waals surface area contributed by atoms with Gasteiger partial charge in [-0.1, -0.05) is 84.9 Å². The lowest BCUT2D eigenvalue weighted by Gasteiger charge is -2.45. The molecule has 2 heteroatoms. The smallest absolute Gasteiger partial charge is 0.163 e. The van der Waals surface area contributed by atoms with Crippen LogP contribution in [0.4, 0.5) is 17.1 Å². The van der Waals surface area contributed by atoms with Crippen LogP contribution in [-0.2, 0) is 11.8 Å². The highest BCUT2D eigenvalue weighted by Crippen LogP contribution is 2.63. The summed E-state index contributed by atoms with van der Waals surface area (Å²) in [5.74, 6) is 0.269. The third kappa shape index (κ3) is 2.62. The molecule has 5 aromatic rings. The summed E-state index contributed by atoms with van der Waals surface area (Å²) in [6, 6.07) is 41.9. The van der Waals surface area contributed by atoms with Gasteiger partial charge in [0.25, 0.3) is 0 Å². The van der Waals surface area contributed by atoms with Crippen LogP contribution in [0.15, 0.2) is 115 Å². The van der Waals surface area contributed by atoms with Crippen molar-refractivity contribution in [3.8, 4) is 11.1 Å². The molecule has 2 nitrogen and oxygen atoms in total. The molecule has 0 saturated heterocycles. The van der Waals surface area contributed by atoms with Crippen molar-refractivity contribution >= 4 is 22.8 Å². The third-order valence-corrected chi connectivity index (χ3v) is 8.55. The molecular formula is C35H25NO. The molecule has 5 aromatic carbocycles. The molecule has 2 aliphatic carbocycles. The lowest BCUT2D eigenvalue weighted by molar-refractivity contribution is 0.0972. The summed E-state index contributed by atoms with van der Waals surface area (Å²) in [7, 11) is 0. The highest BCUT2D eigenvalue weighted by molar-refractivity contribution is 6.00. The van der Waals surface area contributed by atoms with Crippen LogP contribution >= 0.6 is 0 Å². The Labute approximate surface area is 216 Å². The first-order valence-electron chi connectivity index (χ1n) is 13.1. The van der Waals surface area contributed by atoms with Crippen molar-refractivity contribution in [1.82, 2.24) is 0 Å². The van der Waals surface area contributed by atoms with Crippen LogP contribution in [0.25, 0.3) is 11.1 Å². The first-order valence-corrected chi connectivity index (χ1v) is 13.1. The highest BCUT2D eigenvalue weighted by atomic mass is 16.1. The third-order valence-electron chi connectivity index (χ3n) is 8.55. The quantitative estimate of drug-likeness (QED) is 0.238. The zero-order valence-electron chi connectivity index (χ0n) is 20.4. The second-order valence-electron chi connectivity index (χ2n) is 10.3. The number of aryl methyl sites for hydroxylation is 1. The Morgan fingerprint density at radius 1 is 0.541 bits per heavy atom. The van der Waals surface area contributed by atoms with E-state index in [1.807, 2.05) is 6.07 Å². The Balaban J connectivity index is 1.46. The van der Waals surface area contributed by atoms with Crippen LogP contribution < -0.4 is 4.90 Å². The summed E-state index contributed by atoms with van der Waals surface area (Å²) in [6.45, 7) is 0. The number of Topliss-reactive ketones (excluding diaryl/α,β-unsaturated/α-hetero) is 1. The fraction of sp³-hybridized carbons (Fsp3) is 0.114. The zero-order valence-corrected chi connectivity index (χ0v) is 20.4. The van der Waals surface area contributed by atoms with E-state index in [9.17, 15) is 4.79 Å². The maximum atomic E-state index is 12.6. The fourth-order valence-corrected chi connectivity index (χ4v) is 7.11. The van der Waals surface area contributed by atoms with Crippen LogP contribution in [0.3, 0.4) is 0 Å². The summed E-state index contributed by atoms with van der Waals surface area (Å²) in [4.78, 5) is 15.0. The van der Waals surface area contributed by atoms with E-state index >= 15 is 0 Å². The molecule has 0 atom stereocenters. The van der Waals surface area contributed by atoms with Crippen molar-refractivity contribution in [2.45, 2.75) is 24.7 Å². The number of fused-ring (bicyclic) bond motifs is 10. The average Bonchev–Trinajstić information content (AvgIpc) is 3.25. The van der Waals surface area contributed by atoms with Crippen molar-refractivity contribution in [2.75, 3.05) is 4.90 Å². The van der Waals surface area contributed by atoms with Gasteiger partial charge < -0.3 is 4.90 Å². The van der Waals surface area contributed by atoms with Gasteiger partial charge in [0.05, 0.1) is 16.8 Å². The lowest BCUT2D eigenvalue weighted by atomic mass is 9.64. The number of rotatable bonds is 1. The first kappa shape index (κ1) is 20.7. The number of nitrogens with zero attached hydrogens (tertiary/aromatic N) is 1. The Kier molecular flexibility index (Phi) is 4.22. The van der Waals surface area contributed by atoms with Gasteiger partial charge in [-0.15, -0.1) is 0 Å². The van der Waals surface area contributed by atoms with E-state index in [1.165, 1.54) is 50.3 Å². The van der Waals surface area contributed by atoms with E-state index in [4.69, 9.17) is 0 Å². The maximum Gasteiger partial charge on any atom is 0.163 e. The molecule has 176 valence electrons. The van der Waals surface area contributed by atoms with Gasteiger partial charge in [-0.3, -0.25) is 4.79 Å². The number of hydrogen-bond acceptors (Lipinski definition) is 2. The largest absolute Gasteiger partial charge is 0.310 e. The van der Waals surface area contributed by atoms with E-state index in [1.54, 1.807) is 0 Å². The first-order chi connectivity index (χ1) is 18.3. The van der Waals surface area contributed by atoms with Crippen molar-refractivity contribution in [2.24, 2.45) is 0 Å². The Hall–Kier alpha value is -4.43. The second kappa shape index (κ2) is 7.54. The van der Waals surface area contributed by atoms with Crippen LogP contribution in [0.2, 0.25) is 0 Å². The number of carbonyl (C=O) groups is 1. The molecule has 1 aliphatic heterocycles. The molecule has 8 rings (SSSR count). The molecule has 37 heavy (non-hydrogen) atoms. The van der Waals surface area contributed by atoms with Crippen LogP contribution in [-0.4, -0.2) is 5.78 Å². The van der Waals surface area contributed by atoms with Gasteiger partial charge in [0, 0.05) is 17.7 Å². The predicted molar refractivity (Wildman–Crippen MR) is 149 cm³/mol. The van der Waals surface area contributed by atoms with Gasteiger partial charge in [0.2, 0.25) is 0 Å². The molecule has 0 N–H and O–H groups in total. The number of ketones is 1. The molecule has 3 aliphatic rings. The molecule has 1 spiro atoms. The van der Waals surface area contributed by atoms with Crippen LogP contribution in [0.5, 0.6) is 0 Å². The summed E-state index contributed by atoms with van der Waals surface area (Å²) >= 11 is 0. The van der Waals surface area contributed by atoms with Gasteiger partial charge in [-0.2, -0.15) is 0 Å². The lowest BCUT2D eigenvalue weighted by Crippen LogP contribution is -2.36.